The maximum Gasteiger partial charge on any atom is 0.353 e. The molecule has 2 N–H and O–H groups in total. The quantitative estimate of drug-likeness (QED) is 0.193. The summed E-state index contributed by atoms with van der Waals surface area (Å²) in [5.41, 5.74) is 4.12. The van der Waals surface area contributed by atoms with Crippen molar-refractivity contribution in [1.29, 1.82) is 0 Å². The van der Waals surface area contributed by atoms with E-state index in [1.807, 2.05) is 47.8 Å². The van der Waals surface area contributed by atoms with Gasteiger partial charge in [-0.05, 0) is 64.2 Å². The highest BCUT2D eigenvalue weighted by Crippen LogP contribution is 2.18. The second-order valence-corrected chi connectivity index (χ2v) is 7.59. The van der Waals surface area contributed by atoms with E-state index in [1.54, 1.807) is 36.4 Å². The third-order valence-electron chi connectivity index (χ3n) is 4.42. The summed E-state index contributed by atoms with van der Waals surface area (Å²) in [6, 6.07) is 24.4. The van der Waals surface area contributed by atoms with Gasteiger partial charge in [0.15, 0.2) is 0 Å². The van der Waals surface area contributed by atoms with Crippen molar-refractivity contribution in [3.05, 3.63) is 94.7 Å². The summed E-state index contributed by atoms with van der Waals surface area (Å²) in [4.78, 5) is 24.5. The van der Waals surface area contributed by atoms with Crippen molar-refractivity contribution in [2.75, 3.05) is 11.9 Å². The van der Waals surface area contributed by atoms with Crippen LogP contribution in [0, 0.1) is 0 Å². The molecule has 4 rings (SSSR count). The maximum atomic E-state index is 12.0. The highest BCUT2D eigenvalue weighted by atomic mass is 32.1. The number of anilines is 1. The van der Waals surface area contributed by atoms with Crippen LogP contribution in [0.2, 0.25) is 0 Å². The molecule has 0 aliphatic heterocycles. The van der Waals surface area contributed by atoms with E-state index in [9.17, 15) is 9.59 Å². The van der Waals surface area contributed by atoms with Crippen LogP contribution in [0.15, 0.2) is 89.3 Å². The molecule has 0 saturated heterocycles. The largest absolute Gasteiger partial charge is 0.422 e. The lowest BCUT2D eigenvalue weighted by Crippen LogP contribution is -2.25. The summed E-state index contributed by atoms with van der Waals surface area (Å²) in [6.45, 7) is 0.104. The minimum atomic E-state index is -0.386. The number of nitrogens with one attached hydrogen (secondary N) is 2. The second-order valence-electron chi connectivity index (χ2n) is 6.64. The van der Waals surface area contributed by atoms with E-state index in [0.717, 1.165) is 22.0 Å². The van der Waals surface area contributed by atoms with Gasteiger partial charge in [-0.25, -0.2) is 10.2 Å². The van der Waals surface area contributed by atoms with Crippen LogP contribution in [-0.4, -0.2) is 24.6 Å². The van der Waals surface area contributed by atoms with E-state index in [0.29, 0.717) is 10.6 Å². The van der Waals surface area contributed by atoms with Crippen LogP contribution >= 0.6 is 11.3 Å². The topological polar surface area (TPSA) is 79.8 Å². The Kier molecular flexibility index (Phi) is 6.35. The Bertz CT molecular complexity index is 1220. The van der Waals surface area contributed by atoms with Gasteiger partial charge < -0.3 is 10.1 Å². The molecule has 4 aromatic rings. The predicted molar refractivity (Wildman–Crippen MR) is 124 cm³/mol. The van der Waals surface area contributed by atoms with E-state index in [-0.39, 0.29) is 18.4 Å². The van der Waals surface area contributed by atoms with E-state index < -0.39 is 0 Å². The first-order valence-corrected chi connectivity index (χ1v) is 10.5. The third kappa shape index (κ3) is 5.55. The number of amides is 1. The zero-order chi connectivity index (χ0) is 21.5. The summed E-state index contributed by atoms with van der Waals surface area (Å²) in [5.74, 6) is -0.201. The number of carbonyl (C=O) groups excluding carboxylic acids is 2. The van der Waals surface area contributed by atoms with Crippen LogP contribution < -0.4 is 15.5 Å². The number of rotatable bonds is 7. The van der Waals surface area contributed by atoms with Crippen LogP contribution in [0.5, 0.6) is 5.75 Å². The molecule has 0 saturated carbocycles. The van der Waals surface area contributed by atoms with Crippen molar-refractivity contribution in [3.63, 3.8) is 0 Å². The zero-order valence-corrected chi connectivity index (χ0v) is 17.3. The smallest absolute Gasteiger partial charge is 0.353 e. The minimum absolute atomic E-state index is 0.104. The van der Waals surface area contributed by atoms with E-state index in [4.69, 9.17) is 4.74 Å². The van der Waals surface area contributed by atoms with Gasteiger partial charge in [-0.3, -0.25) is 4.79 Å². The van der Waals surface area contributed by atoms with Crippen molar-refractivity contribution < 1.29 is 14.3 Å². The number of esters is 1. The second kappa shape index (κ2) is 9.69. The van der Waals surface area contributed by atoms with Crippen LogP contribution in [0.1, 0.15) is 15.2 Å². The molecule has 0 bridgehead atoms. The van der Waals surface area contributed by atoms with Gasteiger partial charge in [-0.1, -0.05) is 36.4 Å². The van der Waals surface area contributed by atoms with E-state index in [1.165, 1.54) is 17.6 Å². The Hall–Kier alpha value is -3.97. The lowest BCUT2D eigenvalue weighted by molar-refractivity contribution is -0.119. The summed E-state index contributed by atoms with van der Waals surface area (Å²) < 4.78 is 5.31. The normalized spacial score (nSPS) is 10.8. The monoisotopic (exact) mass is 429 g/mol. The van der Waals surface area contributed by atoms with Crippen molar-refractivity contribution in [3.8, 4) is 5.75 Å². The molecule has 1 aromatic heterocycles. The predicted octanol–water partition coefficient (Wildman–Crippen LogP) is 4.68. The van der Waals surface area contributed by atoms with Crippen molar-refractivity contribution >= 4 is 45.9 Å². The van der Waals surface area contributed by atoms with Gasteiger partial charge in [0.1, 0.15) is 10.6 Å². The van der Waals surface area contributed by atoms with Crippen molar-refractivity contribution in [2.24, 2.45) is 5.10 Å². The molecule has 1 heterocycles. The maximum absolute atomic E-state index is 12.0. The molecule has 7 heteroatoms. The number of thiophene rings is 1. The van der Waals surface area contributed by atoms with Gasteiger partial charge in [0.05, 0.1) is 12.8 Å². The Morgan fingerprint density at radius 2 is 1.74 bits per heavy atom. The third-order valence-corrected chi connectivity index (χ3v) is 5.27. The molecule has 31 heavy (non-hydrogen) atoms. The zero-order valence-electron chi connectivity index (χ0n) is 16.4. The van der Waals surface area contributed by atoms with Crippen LogP contribution in [0.25, 0.3) is 10.8 Å². The first-order chi connectivity index (χ1) is 15.2. The van der Waals surface area contributed by atoms with Gasteiger partial charge in [-0.15, -0.1) is 11.3 Å². The summed E-state index contributed by atoms with van der Waals surface area (Å²) in [6.07, 6.45) is 1.53. The number of benzene rings is 3. The Morgan fingerprint density at radius 3 is 2.52 bits per heavy atom. The average Bonchev–Trinajstić information content (AvgIpc) is 3.34. The number of hydrogen-bond donors (Lipinski definition) is 2. The van der Waals surface area contributed by atoms with Crippen LogP contribution in [0.3, 0.4) is 0 Å². The molecular formula is C24H19N3O3S. The number of carbonyl (C=O) groups is 2. The molecule has 0 radical (unpaired) electrons. The highest BCUT2D eigenvalue weighted by Gasteiger charge is 2.09. The average molecular weight is 430 g/mol. The SMILES string of the molecule is O=C(CNc1ccc2ccccc2c1)N/N=C\c1ccc(OC(=O)c2cccs2)cc1. The number of nitrogens with zero attached hydrogens (tertiary/aromatic N) is 1. The fourth-order valence-corrected chi connectivity index (χ4v) is 3.47. The molecule has 1 amide bonds. The standard InChI is InChI=1S/C24H19N3O3S/c28-23(16-25-20-10-9-18-4-1-2-5-19(18)14-20)27-26-15-17-7-11-21(12-8-17)30-24(29)22-6-3-13-31-22/h1-15,25H,16H2,(H,27,28)/b26-15-. The van der Waals surface area contributed by atoms with Gasteiger partial charge in [0, 0.05) is 5.69 Å². The van der Waals surface area contributed by atoms with Gasteiger partial charge in [0.2, 0.25) is 0 Å². The Labute approximate surface area is 183 Å². The fourth-order valence-electron chi connectivity index (χ4n) is 2.87. The molecule has 0 aliphatic carbocycles. The molecule has 3 aromatic carbocycles. The number of ether oxygens (including phenoxy) is 1. The molecule has 154 valence electrons. The molecule has 0 fully saturated rings. The Balaban J connectivity index is 1.24. The fraction of sp³-hybridized carbons (Fsp3) is 0.0417. The first kappa shape index (κ1) is 20.3. The Morgan fingerprint density at radius 1 is 0.935 bits per heavy atom. The molecule has 0 unspecified atom stereocenters. The summed E-state index contributed by atoms with van der Waals surface area (Å²) in [7, 11) is 0. The molecule has 0 atom stereocenters. The van der Waals surface area contributed by atoms with Crippen molar-refractivity contribution in [1.82, 2.24) is 5.43 Å². The minimum Gasteiger partial charge on any atom is -0.422 e. The van der Waals surface area contributed by atoms with Crippen molar-refractivity contribution in [2.45, 2.75) is 0 Å². The lowest BCUT2D eigenvalue weighted by atomic mass is 10.1. The highest BCUT2D eigenvalue weighted by molar-refractivity contribution is 7.12. The van der Waals surface area contributed by atoms with Crippen LogP contribution in [-0.2, 0) is 4.79 Å². The van der Waals surface area contributed by atoms with Gasteiger partial charge >= 0.3 is 5.97 Å². The van der Waals surface area contributed by atoms with Gasteiger partial charge in [-0.2, -0.15) is 5.10 Å². The van der Waals surface area contributed by atoms with E-state index >= 15 is 0 Å². The molecule has 0 spiro atoms. The number of hydrogen-bond acceptors (Lipinski definition) is 6. The molecule has 0 aliphatic rings. The van der Waals surface area contributed by atoms with E-state index in [2.05, 4.69) is 15.8 Å². The van der Waals surface area contributed by atoms with Crippen LogP contribution in [0.4, 0.5) is 5.69 Å². The summed E-state index contributed by atoms with van der Waals surface area (Å²) >= 11 is 1.33. The van der Waals surface area contributed by atoms with Gasteiger partial charge in [0.25, 0.3) is 5.91 Å². The number of hydrazone groups is 1. The number of fused-ring (bicyclic) bond motifs is 1. The lowest BCUT2D eigenvalue weighted by Gasteiger charge is -2.06. The molecular weight excluding hydrogens is 410 g/mol. The summed E-state index contributed by atoms with van der Waals surface area (Å²) in [5, 5.41) is 11.1. The first-order valence-electron chi connectivity index (χ1n) is 9.58. The molecule has 6 nitrogen and oxygen atoms in total.